The first kappa shape index (κ1) is 15.5. The van der Waals surface area contributed by atoms with Crippen LogP contribution in [0.1, 0.15) is 44.3 Å². The summed E-state index contributed by atoms with van der Waals surface area (Å²) in [5, 5.41) is 0. The highest BCUT2D eigenvalue weighted by molar-refractivity contribution is 14.1. The predicted octanol–water partition coefficient (Wildman–Crippen LogP) is 4.76. The maximum Gasteiger partial charge on any atom is 0.108 e. The number of rotatable bonds is 7. The van der Waals surface area contributed by atoms with Crippen molar-refractivity contribution in [3.63, 3.8) is 0 Å². The molecule has 0 spiro atoms. The Hall–Kier alpha value is -0.530. The SMILES string of the molecule is CCCC(OCC#CCCCI)c1ccccc1. The van der Waals surface area contributed by atoms with Crippen molar-refractivity contribution in [3.8, 4) is 11.8 Å². The van der Waals surface area contributed by atoms with Crippen molar-refractivity contribution in [1.29, 1.82) is 0 Å². The van der Waals surface area contributed by atoms with Crippen molar-refractivity contribution < 1.29 is 4.74 Å². The topological polar surface area (TPSA) is 9.23 Å². The second kappa shape index (κ2) is 10.4. The van der Waals surface area contributed by atoms with Crippen LogP contribution >= 0.6 is 22.6 Å². The molecule has 0 fully saturated rings. The standard InChI is InChI=1S/C16H21IO/c1-2-10-16(15-11-6-5-7-12-15)18-14-9-4-3-8-13-17/h5-7,11-12,16H,2-3,8,10,13-14H2,1H3. The highest BCUT2D eigenvalue weighted by Gasteiger charge is 2.09. The van der Waals surface area contributed by atoms with Crippen molar-refractivity contribution in [2.75, 3.05) is 11.0 Å². The van der Waals surface area contributed by atoms with E-state index in [9.17, 15) is 0 Å². The van der Waals surface area contributed by atoms with Crippen molar-refractivity contribution in [2.24, 2.45) is 0 Å². The fourth-order valence-corrected chi connectivity index (χ4v) is 2.09. The largest absolute Gasteiger partial charge is 0.361 e. The lowest BCUT2D eigenvalue weighted by Crippen LogP contribution is -2.04. The van der Waals surface area contributed by atoms with Gasteiger partial charge < -0.3 is 4.74 Å². The molecule has 1 unspecified atom stereocenters. The minimum absolute atomic E-state index is 0.190. The fourth-order valence-electron chi connectivity index (χ4n) is 1.71. The zero-order valence-corrected chi connectivity index (χ0v) is 13.2. The van der Waals surface area contributed by atoms with E-state index >= 15 is 0 Å². The van der Waals surface area contributed by atoms with Crippen LogP contribution in [-0.4, -0.2) is 11.0 Å². The smallest absolute Gasteiger partial charge is 0.108 e. The Bertz CT molecular complexity index is 364. The summed E-state index contributed by atoms with van der Waals surface area (Å²) in [6, 6.07) is 10.4. The molecule has 1 nitrogen and oxygen atoms in total. The molecule has 1 rings (SSSR count). The fraction of sp³-hybridized carbons (Fsp3) is 0.500. The van der Waals surface area contributed by atoms with Crippen LogP contribution in [0, 0.1) is 11.8 Å². The van der Waals surface area contributed by atoms with Gasteiger partial charge in [0.15, 0.2) is 0 Å². The van der Waals surface area contributed by atoms with Gasteiger partial charge in [-0.05, 0) is 18.4 Å². The van der Waals surface area contributed by atoms with Gasteiger partial charge in [-0.3, -0.25) is 0 Å². The first-order valence-electron chi connectivity index (χ1n) is 6.56. The lowest BCUT2D eigenvalue weighted by molar-refractivity contribution is 0.0704. The third-order valence-corrected chi connectivity index (χ3v) is 3.40. The van der Waals surface area contributed by atoms with Crippen molar-refractivity contribution in [1.82, 2.24) is 0 Å². The Morgan fingerprint density at radius 1 is 1.22 bits per heavy atom. The van der Waals surface area contributed by atoms with Crippen molar-refractivity contribution in [3.05, 3.63) is 35.9 Å². The number of ether oxygens (including phenoxy) is 1. The molecule has 1 aromatic carbocycles. The molecule has 0 bridgehead atoms. The Balaban J connectivity index is 2.41. The van der Waals surface area contributed by atoms with Crippen LogP contribution in [0.3, 0.4) is 0 Å². The van der Waals surface area contributed by atoms with E-state index in [1.165, 1.54) is 16.4 Å². The molecule has 0 radical (unpaired) electrons. The van der Waals surface area contributed by atoms with Gasteiger partial charge in [0.2, 0.25) is 0 Å². The molecule has 18 heavy (non-hydrogen) atoms. The van der Waals surface area contributed by atoms with E-state index in [1.807, 2.05) is 6.07 Å². The predicted molar refractivity (Wildman–Crippen MR) is 85.9 cm³/mol. The molecule has 1 aromatic rings. The van der Waals surface area contributed by atoms with E-state index in [4.69, 9.17) is 4.74 Å². The summed E-state index contributed by atoms with van der Waals surface area (Å²) in [4.78, 5) is 0. The first-order chi connectivity index (χ1) is 8.88. The van der Waals surface area contributed by atoms with Crippen LogP contribution in [0.2, 0.25) is 0 Å². The maximum absolute atomic E-state index is 5.87. The molecular formula is C16H21IO. The lowest BCUT2D eigenvalue weighted by atomic mass is 10.1. The molecule has 0 saturated carbocycles. The van der Waals surface area contributed by atoms with Gasteiger partial charge in [-0.1, -0.05) is 72.2 Å². The average molecular weight is 356 g/mol. The second-order valence-corrected chi connectivity index (χ2v) is 5.22. The van der Waals surface area contributed by atoms with Crippen LogP contribution in [0.15, 0.2) is 30.3 Å². The minimum Gasteiger partial charge on any atom is -0.361 e. The average Bonchev–Trinajstić information content (AvgIpc) is 2.42. The summed E-state index contributed by atoms with van der Waals surface area (Å²) >= 11 is 2.38. The monoisotopic (exact) mass is 356 g/mol. The highest BCUT2D eigenvalue weighted by Crippen LogP contribution is 2.21. The van der Waals surface area contributed by atoms with E-state index in [0.29, 0.717) is 6.61 Å². The van der Waals surface area contributed by atoms with Crippen LogP contribution in [0.4, 0.5) is 0 Å². The molecule has 0 N–H and O–H groups in total. The van der Waals surface area contributed by atoms with Crippen molar-refractivity contribution in [2.45, 2.75) is 38.7 Å². The summed E-state index contributed by atoms with van der Waals surface area (Å²) in [6.07, 6.45) is 4.53. The number of benzene rings is 1. The molecule has 0 aliphatic carbocycles. The molecule has 0 heterocycles. The Labute approximate surface area is 124 Å². The van der Waals surface area contributed by atoms with Gasteiger partial charge in [0.1, 0.15) is 6.61 Å². The summed E-state index contributed by atoms with van der Waals surface area (Å²) in [5.41, 5.74) is 1.26. The highest BCUT2D eigenvalue weighted by atomic mass is 127. The molecule has 0 amide bonds. The Morgan fingerprint density at radius 2 is 2.00 bits per heavy atom. The molecule has 0 aromatic heterocycles. The van der Waals surface area contributed by atoms with Crippen LogP contribution in [-0.2, 0) is 4.74 Å². The van der Waals surface area contributed by atoms with E-state index in [0.717, 1.165) is 19.3 Å². The Morgan fingerprint density at radius 3 is 2.67 bits per heavy atom. The molecule has 98 valence electrons. The van der Waals surface area contributed by atoms with Gasteiger partial charge in [-0.25, -0.2) is 0 Å². The van der Waals surface area contributed by atoms with Crippen LogP contribution in [0.5, 0.6) is 0 Å². The molecule has 2 heteroatoms. The lowest BCUT2D eigenvalue weighted by Gasteiger charge is -2.15. The summed E-state index contributed by atoms with van der Waals surface area (Å²) in [7, 11) is 0. The van der Waals surface area contributed by atoms with Gasteiger partial charge in [0.25, 0.3) is 0 Å². The molecule has 0 saturated heterocycles. The zero-order valence-electron chi connectivity index (χ0n) is 11.0. The summed E-state index contributed by atoms with van der Waals surface area (Å²) in [6.45, 7) is 2.73. The quantitative estimate of drug-likeness (QED) is 0.296. The summed E-state index contributed by atoms with van der Waals surface area (Å²) < 4.78 is 7.05. The third-order valence-electron chi connectivity index (χ3n) is 2.64. The van der Waals surface area contributed by atoms with Crippen molar-refractivity contribution >= 4 is 22.6 Å². The minimum atomic E-state index is 0.190. The van der Waals surface area contributed by atoms with Crippen LogP contribution < -0.4 is 0 Å². The van der Waals surface area contributed by atoms with Crippen LogP contribution in [0.25, 0.3) is 0 Å². The van der Waals surface area contributed by atoms with Gasteiger partial charge in [0, 0.05) is 10.8 Å². The molecule has 0 aliphatic heterocycles. The van der Waals surface area contributed by atoms with Gasteiger partial charge in [-0.2, -0.15) is 0 Å². The van der Waals surface area contributed by atoms with E-state index in [-0.39, 0.29) is 6.10 Å². The zero-order chi connectivity index (χ0) is 13.1. The van der Waals surface area contributed by atoms with Gasteiger partial charge >= 0.3 is 0 Å². The molecule has 1 atom stereocenters. The maximum atomic E-state index is 5.87. The van der Waals surface area contributed by atoms with E-state index in [2.05, 4.69) is 65.6 Å². The first-order valence-corrected chi connectivity index (χ1v) is 8.09. The normalized spacial score (nSPS) is 11.7. The third kappa shape index (κ3) is 6.42. The number of hydrogen-bond acceptors (Lipinski definition) is 1. The Kier molecular flexibility index (Phi) is 8.97. The number of hydrogen-bond donors (Lipinski definition) is 0. The molecule has 0 aliphatic rings. The number of alkyl halides is 1. The molecular weight excluding hydrogens is 335 g/mol. The number of halogens is 1. The van der Waals surface area contributed by atoms with E-state index in [1.54, 1.807) is 0 Å². The summed E-state index contributed by atoms with van der Waals surface area (Å²) in [5.74, 6) is 6.26. The van der Waals surface area contributed by atoms with Gasteiger partial charge in [0.05, 0.1) is 6.10 Å². The second-order valence-electron chi connectivity index (χ2n) is 4.15. The number of unbranched alkanes of at least 4 members (excludes halogenated alkanes) is 1. The van der Waals surface area contributed by atoms with Gasteiger partial charge in [-0.15, -0.1) is 5.92 Å². The van der Waals surface area contributed by atoms with E-state index < -0.39 is 0 Å².